The summed E-state index contributed by atoms with van der Waals surface area (Å²) in [5.41, 5.74) is 1.02. The normalized spacial score (nSPS) is 15.9. The first-order valence-electron chi connectivity index (χ1n) is 6.76. The van der Waals surface area contributed by atoms with Gasteiger partial charge in [0.15, 0.2) is 5.03 Å². The molecule has 1 aromatic heterocycles. The van der Waals surface area contributed by atoms with Crippen LogP contribution in [0.25, 0.3) is 0 Å². The van der Waals surface area contributed by atoms with E-state index in [4.69, 9.17) is 0 Å². The minimum Gasteiger partial charge on any atom is -0.310 e. The first-order chi connectivity index (χ1) is 9.07. The molecule has 1 aromatic rings. The fourth-order valence-electron chi connectivity index (χ4n) is 1.91. The molecule has 1 N–H and O–H groups in total. The molecule has 1 fully saturated rings. The first-order valence-corrected chi connectivity index (χ1v) is 8.20. The number of hydrogen-bond acceptors (Lipinski definition) is 4. The summed E-state index contributed by atoms with van der Waals surface area (Å²) in [6.45, 7) is 5.34. The van der Waals surface area contributed by atoms with Crippen LogP contribution >= 0.6 is 0 Å². The lowest BCUT2D eigenvalue weighted by Crippen LogP contribution is -2.31. The van der Waals surface area contributed by atoms with Crippen LogP contribution in [-0.2, 0) is 16.6 Å². The van der Waals surface area contributed by atoms with Crippen molar-refractivity contribution in [1.29, 1.82) is 0 Å². The molecule has 0 aromatic carbocycles. The highest BCUT2D eigenvalue weighted by Crippen LogP contribution is 2.19. The van der Waals surface area contributed by atoms with Gasteiger partial charge >= 0.3 is 0 Å². The second-order valence-electron chi connectivity index (χ2n) is 4.75. The number of aromatic nitrogens is 1. The topological polar surface area (TPSA) is 62.3 Å². The van der Waals surface area contributed by atoms with Gasteiger partial charge in [-0.25, -0.2) is 13.4 Å². The maximum atomic E-state index is 12.2. The van der Waals surface area contributed by atoms with Crippen LogP contribution in [0, 0.1) is 0 Å². The van der Waals surface area contributed by atoms with Crippen LogP contribution in [0.4, 0.5) is 0 Å². The van der Waals surface area contributed by atoms with Crippen LogP contribution in [0.2, 0.25) is 0 Å². The van der Waals surface area contributed by atoms with E-state index >= 15 is 0 Å². The Hall–Kier alpha value is -0.980. The number of rotatable bonds is 7. The van der Waals surface area contributed by atoms with E-state index in [-0.39, 0.29) is 5.03 Å². The predicted octanol–water partition coefficient (Wildman–Crippen LogP) is 1.36. The highest BCUT2D eigenvalue weighted by molar-refractivity contribution is 7.89. The molecule has 0 amide bonds. The molecule has 1 aliphatic rings. The standard InChI is InChI=1S/C13H21N3O2S/c1-3-16(4-2)19(17,18)13-8-5-11(10-15-13)9-14-12-6-7-12/h5,8,10,12,14H,3-4,6-7,9H2,1-2H3. The van der Waals surface area contributed by atoms with Crippen LogP contribution < -0.4 is 5.32 Å². The third kappa shape index (κ3) is 3.52. The molecule has 1 saturated carbocycles. The van der Waals surface area contributed by atoms with Crippen molar-refractivity contribution in [2.45, 2.75) is 44.3 Å². The monoisotopic (exact) mass is 283 g/mol. The zero-order valence-corrected chi connectivity index (χ0v) is 12.3. The minimum atomic E-state index is -3.44. The molecule has 0 unspecified atom stereocenters. The number of nitrogens with zero attached hydrogens (tertiary/aromatic N) is 2. The Morgan fingerprint density at radius 1 is 1.32 bits per heavy atom. The van der Waals surface area contributed by atoms with Crippen molar-refractivity contribution in [3.63, 3.8) is 0 Å². The van der Waals surface area contributed by atoms with Crippen molar-refractivity contribution in [1.82, 2.24) is 14.6 Å². The van der Waals surface area contributed by atoms with E-state index < -0.39 is 10.0 Å². The highest BCUT2D eigenvalue weighted by Gasteiger charge is 2.23. The van der Waals surface area contributed by atoms with Crippen molar-refractivity contribution in [2.24, 2.45) is 0 Å². The second kappa shape index (κ2) is 5.98. The van der Waals surface area contributed by atoms with Crippen molar-refractivity contribution in [2.75, 3.05) is 13.1 Å². The number of hydrogen-bond donors (Lipinski definition) is 1. The fourth-order valence-corrected chi connectivity index (χ4v) is 3.28. The smallest absolute Gasteiger partial charge is 0.260 e. The lowest BCUT2D eigenvalue weighted by molar-refractivity contribution is 0.442. The molecular weight excluding hydrogens is 262 g/mol. The SMILES string of the molecule is CCN(CC)S(=O)(=O)c1ccc(CNC2CC2)cn1. The summed E-state index contributed by atoms with van der Waals surface area (Å²) in [4.78, 5) is 4.10. The van der Waals surface area contributed by atoms with Gasteiger partial charge in [0.2, 0.25) is 0 Å². The first kappa shape index (κ1) is 14.4. The number of pyridine rings is 1. The Morgan fingerprint density at radius 3 is 2.47 bits per heavy atom. The van der Waals surface area contributed by atoms with Crippen molar-refractivity contribution in [3.8, 4) is 0 Å². The van der Waals surface area contributed by atoms with Gasteiger partial charge in [-0.3, -0.25) is 0 Å². The molecule has 0 saturated heterocycles. The summed E-state index contributed by atoms with van der Waals surface area (Å²) >= 11 is 0. The van der Waals surface area contributed by atoms with Crippen LogP contribution in [0.15, 0.2) is 23.4 Å². The average molecular weight is 283 g/mol. The lowest BCUT2D eigenvalue weighted by atomic mass is 10.3. The van der Waals surface area contributed by atoms with Gasteiger partial charge in [0.25, 0.3) is 10.0 Å². The van der Waals surface area contributed by atoms with Crippen LogP contribution in [0.5, 0.6) is 0 Å². The zero-order valence-electron chi connectivity index (χ0n) is 11.5. The molecule has 19 heavy (non-hydrogen) atoms. The average Bonchev–Trinajstić information content (AvgIpc) is 3.22. The summed E-state index contributed by atoms with van der Waals surface area (Å²) in [5, 5.41) is 3.51. The van der Waals surface area contributed by atoms with E-state index in [1.165, 1.54) is 17.1 Å². The quantitative estimate of drug-likeness (QED) is 0.821. The number of nitrogens with one attached hydrogen (secondary N) is 1. The Kier molecular flexibility index (Phi) is 4.54. The molecular formula is C13H21N3O2S. The van der Waals surface area contributed by atoms with Crippen LogP contribution in [0.3, 0.4) is 0 Å². The highest BCUT2D eigenvalue weighted by atomic mass is 32.2. The van der Waals surface area contributed by atoms with Crippen molar-refractivity contribution < 1.29 is 8.42 Å². The van der Waals surface area contributed by atoms with E-state index in [0.717, 1.165) is 12.1 Å². The van der Waals surface area contributed by atoms with Gasteiger partial charge in [0.05, 0.1) is 0 Å². The van der Waals surface area contributed by atoms with Crippen LogP contribution in [0.1, 0.15) is 32.3 Å². The molecule has 0 spiro atoms. The van der Waals surface area contributed by atoms with Crippen molar-refractivity contribution >= 4 is 10.0 Å². The molecule has 1 heterocycles. The van der Waals surface area contributed by atoms with Gasteiger partial charge in [0.1, 0.15) is 0 Å². The van der Waals surface area contributed by atoms with E-state index in [1.807, 2.05) is 19.9 Å². The lowest BCUT2D eigenvalue weighted by Gasteiger charge is -2.17. The second-order valence-corrected chi connectivity index (χ2v) is 6.63. The van der Waals surface area contributed by atoms with Gasteiger partial charge < -0.3 is 5.32 Å². The number of sulfonamides is 1. The fraction of sp³-hybridized carbons (Fsp3) is 0.615. The van der Waals surface area contributed by atoms with E-state index in [1.54, 1.807) is 12.3 Å². The maximum absolute atomic E-state index is 12.2. The Balaban J connectivity index is 2.07. The van der Waals surface area contributed by atoms with E-state index in [9.17, 15) is 8.42 Å². The molecule has 2 rings (SSSR count). The van der Waals surface area contributed by atoms with Gasteiger partial charge in [0, 0.05) is 31.9 Å². The predicted molar refractivity (Wildman–Crippen MR) is 74.2 cm³/mol. The summed E-state index contributed by atoms with van der Waals surface area (Å²) < 4.78 is 25.9. The summed E-state index contributed by atoms with van der Waals surface area (Å²) in [5.74, 6) is 0. The molecule has 0 atom stereocenters. The van der Waals surface area contributed by atoms with E-state index in [0.29, 0.717) is 19.1 Å². The van der Waals surface area contributed by atoms with Gasteiger partial charge in [-0.15, -0.1) is 0 Å². The Labute approximate surface area is 115 Å². The summed E-state index contributed by atoms with van der Waals surface area (Å²) in [6, 6.07) is 4.06. The zero-order chi connectivity index (χ0) is 13.9. The van der Waals surface area contributed by atoms with E-state index in [2.05, 4.69) is 10.3 Å². The minimum absolute atomic E-state index is 0.131. The third-order valence-electron chi connectivity index (χ3n) is 3.28. The van der Waals surface area contributed by atoms with Gasteiger partial charge in [-0.2, -0.15) is 4.31 Å². The maximum Gasteiger partial charge on any atom is 0.260 e. The molecule has 5 nitrogen and oxygen atoms in total. The Bertz CT molecular complexity index is 505. The molecule has 106 valence electrons. The molecule has 6 heteroatoms. The third-order valence-corrected chi connectivity index (χ3v) is 5.25. The summed E-state index contributed by atoms with van der Waals surface area (Å²) in [6.07, 6.45) is 4.12. The summed E-state index contributed by atoms with van der Waals surface area (Å²) in [7, 11) is -3.44. The van der Waals surface area contributed by atoms with Crippen LogP contribution in [-0.4, -0.2) is 36.8 Å². The Morgan fingerprint density at radius 2 is 2.00 bits per heavy atom. The molecule has 0 radical (unpaired) electrons. The van der Waals surface area contributed by atoms with Gasteiger partial charge in [-0.05, 0) is 24.5 Å². The molecule has 1 aliphatic carbocycles. The van der Waals surface area contributed by atoms with Gasteiger partial charge in [-0.1, -0.05) is 19.9 Å². The molecule has 0 bridgehead atoms. The largest absolute Gasteiger partial charge is 0.310 e. The molecule has 0 aliphatic heterocycles. The van der Waals surface area contributed by atoms with Crippen molar-refractivity contribution in [3.05, 3.63) is 23.9 Å².